The van der Waals surface area contributed by atoms with E-state index in [1.165, 1.54) is 18.0 Å². The number of aromatic nitrogens is 2. The van der Waals surface area contributed by atoms with Crippen molar-refractivity contribution in [1.82, 2.24) is 9.97 Å². The summed E-state index contributed by atoms with van der Waals surface area (Å²) in [5, 5.41) is 6.68. The molecule has 0 radical (unpaired) electrons. The average molecular weight is 387 g/mol. The third-order valence-electron chi connectivity index (χ3n) is 3.94. The van der Waals surface area contributed by atoms with Gasteiger partial charge in [-0.1, -0.05) is 35.3 Å². The number of carbonyl (C=O) groups is 1. The van der Waals surface area contributed by atoms with Gasteiger partial charge in [0.1, 0.15) is 0 Å². The zero-order valence-corrected chi connectivity index (χ0v) is 15.7. The summed E-state index contributed by atoms with van der Waals surface area (Å²) in [6.45, 7) is 4.06. The molecule has 0 unspecified atom stereocenters. The number of anilines is 3. The lowest BCUT2D eigenvalue weighted by Gasteiger charge is -2.10. The Bertz CT molecular complexity index is 958. The van der Waals surface area contributed by atoms with Gasteiger partial charge in [-0.3, -0.25) is 4.79 Å². The van der Waals surface area contributed by atoms with E-state index < -0.39 is 0 Å². The average Bonchev–Trinajstić information content (AvgIpc) is 2.63. The molecule has 1 amide bonds. The van der Waals surface area contributed by atoms with Crippen molar-refractivity contribution in [1.29, 1.82) is 0 Å². The van der Waals surface area contributed by atoms with Crippen LogP contribution >= 0.6 is 23.2 Å². The first-order valence-electron chi connectivity index (χ1n) is 7.86. The number of rotatable bonds is 4. The van der Waals surface area contributed by atoms with E-state index in [0.29, 0.717) is 27.2 Å². The van der Waals surface area contributed by atoms with Gasteiger partial charge >= 0.3 is 0 Å². The molecule has 132 valence electrons. The van der Waals surface area contributed by atoms with E-state index in [9.17, 15) is 4.79 Å². The summed E-state index contributed by atoms with van der Waals surface area (Å²) < 4.78 is 0. The van der Waals surface area contributed by atoms with Gasteiger partial charge in [-0.2, -0.15) is 0 Å². The second-order valence-corrected chi connectivity index (χ2v) is 6.57. The van der Waals surface area contributed by atoms with Gasteiger partial charge in [-0.25, -0.2) is 9.97 Å². The van der Waals surface area contributed by atoms with Crippen LogP contribution < -0.4 is 10.6 Å². The van der Waals surface area contributed by atoms with Gasteiger partial charge < -0.3 is 10.6 Å². The molecule has 0 aliphatic heterocycles. The van der Waals surface area contributed by atoms with Crippen LogP contribution in [0.15, 0.2) is 48.8 Å². The van der Waals surface area contributed by atoms with Gasteiger partial charge in [0.15, 0.2) is 0 Å². The zero-order valence-electron chi connectivity index (χ0n) is 14.2. The third-order valence-corrected chi connectivity index (χ3v) is 4.68. The van der Waals surface area contributed by atoms with Crippen LogP contribution in [0.1, 0.15) is 21.5 Å². The predicted octanol–water partition coefficient (Wildman–Crippen LogP) is 5.40. The molecule has 7 heteroatoms. The van der Waals surface area contributed by atoms with Crippen molar-refractivity contribution in [3.63, 3.8) is 0 Å². The normalized spacial score (nSPS) is 10.5. The highest BCUT2D eigenvalue weighted by Gasteiger charge is 2.10. The Kier molecular flexibility index (Phi) is 5.40. The molecular formula is C19H16Cl2N4O. The Morgan fingerprint density at radius 2 is 1.73 bits per heavy atom. The van der Waals surface area contributed by atoms with E-state index in [1.54, 1.807) is 18.2 Å². The first-order chi connectivity index (χ1) is 12.4. The number of nitrogens with one attached hydrogen (secondary N) is 2. The van der Waals surface area contributed by atoms with Crippen LogP contribution in [-0.2, 0) is 0 Å². The molecule has 0 saturated carbocycles. The lowest BCUT2D eigenvalue weighted by Crippen LogP contribution is -2.13. The molecule has 2 N–H and O–H groups in total. The molecule has 3 aromatic rings. The summed E-state index contributed by atoms with van der Waals surface area (Å²) in [6, 6.07) is 10.8. The second-order valence-electron chi connectivity index (χ2n) is 5.75. The molecule has 0 saturated heterocycles. The summed E-state index contributed by atoms with van der Waals surface area (Å²) in [5.41, 5.74) is 4.10. The quantitative estimate of drug-likeness (QED) is 0.629. The minimum atomic E-state index is -0.332. The molecule has 5 nitrogen and oxygen atoms in total. The fraction of sp³-hybridized carbons (Fsp3) is 0.105. The maximum Gasteiger partial charge on any atom is 0.258 e. The molecule has 0 aliphatic rings. The summed E-state index contributed by atoms with van der Waals surface area (Å²) in [6.07, 6.45) is 2.93. The van der Waals surface area contributed by atoms with Gasteiger partial charge in [0.05, 0.1) is 15.6 Å². The highest BCUT2D eigenvalue weighted by Crippen LogP contribution is 2.25. The van der Waals surface area contributed by atoms with Gasteiger partial charge in [-0.15, -0.1) is 0 Å². The Labute approximate surface area is 161 Å². The Balaban J connectivity index is 1.71. The van der Waals surface area contributed by atoms with Crippen molar-refractivity contribution < 1.29 is 4.79 Å². The molecule has 0 spiro atoms. The molecular weight excluding hydrogens is 371 g/mol. The third kappa shape index (κ3) is 4.12. The van der Waals surface area contributed by atoms with E-state index >= 15 is 0 Å². The first kappa shape index (κ1) is 18.2. The lowest BCUT2D eigenvalue weighted by molar-refractivity contribution is 0.102. The van der Waals surface area contributed by atoms with Crippen molar-refractivity contribution >= 4 is 46.4 Å². The summed E-state index contributed by atoms with van der Waals surface area (Å²) in [7, 11) is 0. The van der Waals surface area contributed by atoms with Crippen molar-refractivity contribution in [2.75, 3.05) is 10.6 Å². The first-order valence-corrected chi connectivity index (χ1v) is 8.61. The number of benzene rings is 2. The largest absolute Gasteiger partial charge is 0.324 e. The van der Waals surface area contributed by atoms with Gasteiger partial charge in [0, 0.05) is 23.8 Å². The fourth-order valence-corrected chi connectivity index (χ4v) is 2.59. The number of halogens is 2. The molecule has 0 bridgehead atoms. The summed E-state index contributed by atoms with van der Waals surface area (Å²) >= 11 is 11.8. The highest BCUT2D eigenvalue weighted by molar-refractivity contribution is 6.42. The summed E-state index contributed by atoms with van der Waals surface area (Å²) in [4.78, 5) is 20.7. The predicted molar refractivity (Wildman–Crippen MR) is 106 cm³/mol. The summed E-state index contributed by atoms with van der Waals surface area (Å²) in [5.74, 6) is 0.0893. The minimum absolute atomic E-state index is 0.332. The number of hydrogen-bond donors (Lipinski definition) is 2. The van der Waals surface area contributed by atoms with Crippen LogP contribution in [0, 0.1) is 13.8 Å². The maximum absolute atomic E-state index is 12.3. The van der Waals surface area contributed by atoms with Crippen molar-refractivity contribution in [3.05, 3.63) is 75.5 Å². The molecule has 1 aromatic heterocycles. The molecule has 3 rings (SSSR count). The molecule has 26 heavy (non-hydrogen) atoms. The van der Waals surface area contributed by atoms with E-state index in [2.05, 4.69) is 20.6 Å². The maximum atomic E-state index is 12.3. The van der Waals surface area contributed by atoms with Crippen molar-refractivity contribution in [3.8, 4) is 0 Å². The number of carbonyl (C=O) groups excluding carboxylic acids is 1. The number of aryl methyl sites for hydroxylation is 1. The molecule has 0 aliphatic carbocycles. The minimum Gasteiger partial charge on any atom is -0.324 e. The highest BCUT2D eigenvalue weighted by atomic mass is 35.5. The van der Waals surface area contributed by atoms with Crippen molar-refractivity contribution in [2.45, 2.75) is 13.8 Å². The SMILES string of the molecule is Cc1cccc(Nc2ncc(C(=O)Nc3ccc(Cl)c(Cl)c3)cn2)c1C. The second kappa shape index (κ2) is 7.72. The standard InChI is InChI=1S/C19H16Cl2N4O/c1-11-4-3-5-17(12(11)2)25-19-22-9-13(10-23-19)18(26)24-14-6-7-15(20)16(21)8-14/h3-10H,1-2H3,(H,24,26)(H,22,23,25). The number of amides is 1. The van der Waals surface area contributed by atoms with Crippen LogP contribution in [-0.4, -0.2) is 15.9 Å². The monoisotopic (exact) mass is 386 g/mol. The van der Waals surface area contributed by atoms with Gasteiger partial charge in [0.25, 0.3) is 5.91 Å². The number of nitrogens with zero attached hydrogens (tertiary/aromatic N) is 2. The Morgan fingerprint density at radius 3 is 2.42 bits per heavy atom. The molecule has 0 atom stereocenters. The smallest absolute Gasteiger partial charge is 0.258 e. The zero-order chi connectivity index (χ0) is 18.7. The fourth-order valence-electron chi connectivity index (χ4n) is 2.29. The van der Waals surface area contributed by atoms with Crippen LogP contribution in [0.2, 0.25) is 10.0 Å². The van der Waals surface area contributed by atoms with Crippen LogP contribution in [0.5, 0.6) is 0 Å². The van der Waals surface area contributed by atoms with E-state index in [1.807, 2.05) is 32.0 Å². The van der Waals surface area contributed by atoms with Crippen LogP contribution in [0.3, 0.4) is 0 Å². The topological polar surface area (TPSA) is 66.9 Å². The van der Waals surface area contributed by atoms with E-state index in [4.69, 9.17) is 23.2 Å². The van der Waals surface area contributed by atoms with Crippen molar-refractivity contribution in [2.24, 2.45) is 0 Å². The van der Waals surface area contributed by atoms with E-state index in [-0.39, 0.29) is 5.91 Å². The molecule has 0 fully saturated rings. The van der Waals surface area contributed by atoms with E-state index in [0.717, 1.165) is 11.3 Å². The van der Waals surface area contributed by atoms with Gasteiger partial charge in [-0.05, 0) is 49.2 Å². The molecule has 2 aromatic carbocycles. The van der Waals surface area contributed by atoms with Gasteiger partial charge in [0.2, 0.25) is 5.95 Å². The molecule has 1 heterocycles. The van der Waals surface area contributed by atoms with Crippen LogP contribution in [0.25, 0.3) is 0 Å². The Morgan fingerprint density at radius 1 is 1.00 bits per heavy atom. The number of hydrogen-bond acceptors (Lipinski definition) is 4. The lowest BCUT2D eigenvalue weighted by atomic mass is 10.1. The van der Waals surface area contributed by atoms with Crippen LogP contribution in [0.4, 0.5) is 17.3 Å². The Hall–Kier alpha value is -2.63.